The van der Waals surface area contributed by atoms with Crippen molar-refractivity contribution in [3.8, 4) is 0 Å². The molecular weight excluding hydrogens is 303 g/mol. The summed E-state index contributed by atoms with van der Waals surface area (Å²) < 4.78 is 13.9. The Kier molecular flexibility index (Phi) is 6.62. The molecule has 0 heterocycles. The molecule has 1 N–H and O–H groups in total. The molecule has 0 aliphatic rings. The summed E-state index contributed by atoms with van der Waals surface area (Å²) in [5.74, 6) is 0.00722. The van der Waals surface area contributed by atoms with Gasteiger partial charge in [0.05, 0.1) is 6.10 Å². The van der Waals surface area contributed by atoms with Crippen LogP contribution in [0.25, 0.3) is 0 Å². The van der Waals surface area contributed by atoms with Gasteiger partial charge >= 0.3 is 0 Å². The number of aliphatic hydroxyl groups is 1. The molecule has 3 heteroatoms. The number of benzene rings is 2. The normalized spacial score (nSPS) is 14.4. The smallest absolute Gasteiger partial charge is 0.143 e. The van der Waals surface area contributed by atoms with Crippen LogP contribution < -0.4 is 10.6 Å². The lowest BCUT2D eigenvalue weighted by atomic mass is 10.0. The van der Waals surface area contributed by atoms with E-state index in [-0.39, 0.29) is 5.92 Å². The predicted molar refractivity (Wildman–Crippen MR) is 99.3 cm³/mol. The molecule has 0 saturated heterocycles. The second kappa shape index (κ2) is 8.47. The summed E-state index contributed by atoms with van der Waals surface area (Å²) in [5.41, 5.74) is 0. The lowest BCUT2D eigenvalue weighted by molar-refractivity contribution is 0.115. The average Bonchev–Trinajstić information content (AvgIpc) is 2.61. The molecule has 124 valence electrons. The van der Waals surface area contributed by atoms with Crippen LogP contribution in [-0.2, 0) is 4.57 Å². The topological polar surface area (TPSA) is 37.3 Å². The summed E-state index contributed by atoms with van der Waals surface area (Å²) in [7, 11) is -2.73. The van der Waals surface area contributed by atoms with Crippen LogP contribution >= 0.6 is 7.14 Å². The van der Waals surface area contributed by atoms with Gasteiger partial charge in [0, 0.05) is 16.8 Å². The van der Waals surface area contributed by atoms with Crippen LogP contribution in [-0.4, -0.2) is 17.4 Å². The number of rotatable bonds is 8. The fourth-order valence-electron chi connectivity index (χ4n) is 2.92. The van der Waals surface area contributed by atoms with Gasteiger partial charge in [0.25, 0.3) is 0 Å². The largest absolute Gasteiger partial charge is 0.393 e. The number of hydrogen-bond acceptors (Lipinski definition) is 2. The van der Waals surface area contributed by atoms with E-state index in [1.54, 1.807) is 0 Å². The molecular formula is C20H27O2P. The second-order valence-corrected chi connectivity index (χ2v) is 9.16. The Labute approximate surface area is 139 Å². The standard InChI is InChI=1S/C20H27O2P/c1-3-4-15-20(21)17(2)16-23(22,18-11-7-5-8-12-18)19-13-9-6-10-14-19/h5-14,17,20-21H,3-4,15-16H2,1-2H3/t17-,20-/m1/s1. The Morgan fingerprint density at radius 3 is 1.87 bits per heavy atom. The number of aliphatic hydroxyl groups excluding tert-OH is 1. The SMILES string of the molecule is CCCC[C@@H](O)[C@H](C)CP(=O)(c1ccccc1)c1ccccc1. The van der Waals surface area contributed by atoms with E-state index in [0.29, 0.717) is 6.16 Å². The van der Waals surface area contributed by atoms with Gasteiger partial charge in [-0.3, -0.25) is 0 Å². The van der Waals surface area contributed by atoms with E-state index in [1.165, 1.54) is 0 Å². The lowest BCUT2D eigenvalue weighted by Crippen LogP contribution is -2.27. The monoisotopic (exact) mass is 330 g/mol. The van der Waals surface area contributed by atoms with Crippen LogP contribution in [0.3, 0.4) is 0 Å². The van der Waals surface area contributed by atoms with Gasteiger partial charge in [-0.05, 0) is 12.3 Å². The van der Waals surface area contributed by atoms with Crippen LogP contribution in [0.1, 0.15) is 33.1 Å². The maximum absolute atomic E-state index is 13.9. The first kappa shape index (κ1) is 18.0. The molecule has 0 aliphatic heterocycles. The van der Waals surface area contributed by atoms with Crippen molar-refractivity contribution in [1.82, 2.24) is 0 Å². The van der Waals surface area contributed by atoms with Crippen LogP contribution in [0, 0.1) is 5.92 Å². The Bertz CT molecular complexity index is 581. The van der Waals surface area contributed by atoms with Gasteiger partial charge in [-0.25, -0.2) is 0 Å². The summed E-state index contributed by atoms with van der Waals surface area (Å²) in [6.07, 6.45) is 2.97. The quantitative estimate of drug-likeness (QED) is 0.737. The van der Waals surface area contributed by atoms with Crippen LogP contribution in [0.2, 0.25) is 0 Å². The highest BCUT2D eigenvalue weighted by molar-refractivity contribution is 7.78. The first-order chi connectivity index (χ1) is 11.1. The average molecular weight is 330 g/mol. The molecule has 0 fully saturated rings. The first-order valence-electron chi connectivity index (χ1n) is 8.46. The molecule has 2 atom stereocenters. The summed E-state index contributed by atoms with van der Waals surface area (Å²) in [6, 6.07) is 19.4. The minimum Gasteiger partial charge on any atom is -0.393 e. The molecule has 2 aromatic carbocycles. The van der Waals surface area contributed by atoms with E-state index >= 15 is 0 Å². The molecule has 0 unspecified atom stereocenters. The van der Waals surface area contributed by atoms with Gasteiger partial charge < -0.3 is 9.67 Å². The van der Waals surface area contributed by atoms with Crippen LogP contribution in [0.4, 0.5) is 0 Å². The fraction of sp³-hybridized carbons (Fsp3) is 0.400. The second-order valence-electron chi connectivity index (χ2n) is 6.28. The van der Waals surface area contributed by atoms with Crippen molar-refractivity contribution in [2.45, 2.75) is 39.2 Å². The predicted octanol–water partition coefficient (Wildman–Crippen LogP) is 4.19. The Hall–Kier alpha value is -1.37. The molecule has 2 aromatic rings. The zero-order valence-electron chi connectivity index (χ0n) is 14.1. The van der Waals surface area contributed by atoms with Gasteiger partial charge in [0.1, 0.15) is 7.14 Å². The third-order valence-electron chi connectivity index (χ3n) is 4.40. The highest BCUT2D eigenvalue weighted by Gasteiger charge is 2.31. The maximum atomic E-state index is 13.9. The molecule has 0 aromatic heterocycles. The van der Waals surface area contributed by atoms with Crippen molar-refractivity contribution in [3.63, 3.8) is 0 Å². The molecule has 0 saturated carbocycles. The summed E-state index contributed by atoms with van der Waals surface area (Å²) in [5, 5.41) is 12.1. The van der Waals surface area contributed by atoms with E-state index in [4.69, 9.17) is 0 Å². The zero-order chi connectivity index (χ0) is 16.7. The van der Waals surface area contributed by atoms with E-state index in [9.17, 15) is 9.67 Å². The maximum Gasteiger partial charge on any atom is 0.143 e. The van der Waals surface area contributed by atoms with Crippen molar-refractivity contribution in [1.29, 1.82) is 0 Å². The van der Waals surface area contributed by atoms with Crippen molar-refractivity contribution in [2.24, 2.45) is 5.92 Å². The Morgan fingerprint density at radius 1 is 0.957 bits per heavy atom. The molecule has 0 aliphatic carbocycles. The van der Waals surface area contributed by atoms with E-state index in [1.807, 2.05) is 67.6 Å². The Morgan fingerprint density at radius 2 is 1.43 bits per heavy atom. The highest BCUT2D eigenvalue weighted by atomic mass is 31.2. The minimum atomic E-state index is -2.73. The lowest BCUT2D eigenvalue weighted by Gasteiger charge is -2.26. The van der Waals surface area contributed by atoms with Gasteiger partial charge in [-0.2, -0.15) is 0 Å². The number of unbranched alkanes of at least 4 members (excludes halogenated alkanes) is 1. The fourth-order valence-corrected chi connectivity index (χ4v) is 6.00. The van der Waals surface area contributed by atoms with Crippen LogP contribution in [0.15, 0.2) is 60.7 Å². The van der Waals surface area contributed by atoms with Gasteiger partial charge in [0.2, 0.25) is 0 Å². The van der Waals surface area contributed by atoms with E-state index in [0.717, 1.165) is 29.9 Å². The van der Waals surface area contributed by atoms with Crippen LogP contribution in [0.5, 0.6) is 0 Å². The molecule has 0 bridgehead atoms. The van der Waals surface area contributed by atoms with E-state index < -0.39 is 13.2 Å². The summed E-state index contributed by atoms with van der Waals surface area (Å²) in [6.45, 7) is 4.13. The first-order valence-corrected chi connectivity index (χ1v) is 10.4. The minimum absolute atomic E-state index is 0.00722. The van der Waals surface area contributed by atoms with Crippen molar-refractivity contribution < 1.29 is 9.67 Å². The molecule has 2 rings (SSSR count). The molecule has 2 nitrogen and oxygen atoms in total. The Balaban J connectivity index is 2.30. The van der Waals surface area contributed by atoms with E-state index in [2.05, 4.69) is 6.92 Å². The van der Waals surface area contributed by atoms with Crippen molar-refractivity contribution in [3.05, 3.63) is 60.7 Å². The molecule has 0 spiro atoms. The highest BCUT2D eigenvalue weighted by Crippen LogP contribution is 2.45. The summed E-state index contributed by atoms with van der Waals surface area (Å²) >= 11 is 0. The third-order valence-corrected chi connectivity index (χ3v) is 7.76. The van der Waals surface area contributed by atoms with Gasteiger partial charge in [0.15, 0.2) is 0 Å². The van der Waals surface area contributed by atoms with Gasteiger partial charge in [-0.15, -0.1) is 0 Å². The number of hydrogen-bond donors (Lipinski definition) is 1. The van der Waals surface area contributed by atoms with Crippen molar-refractivity contribution >= 4 is 17.8 Å². The van der Waals surface area contributed by atoms with Gasteiger partial charge in [-0.1, -0.05) is 87.4 Å². The summed E-state index contributed by atoms with van der Waals surface area (Å²) in [4.78, 5) is 0. The molecule has 23 heavy (non-hydrogen) atoms. The third kappa shape index (κ3) is 4.56. The molecule has 0 amide bonds. The van der Waals surface area contributed by atoms with Crippen molar-refractivity contribution in [2.75, 3.05) is 6.16 Å². The molecule has 0 radical (unpaired) electrons. The zero-order valence-corrected chi connectivity index (χ0v) is 15.0.